The van der Waals surface area contributed by atoms with Gasteiger partial charge in [-0.2, -0.15) is 0 Å². The number of hydrogen-bond acceptors (Lipinski definition) is 0. The minimum atomic E-state index is 0.213. The van der Waals surface area contributed by atoms with Crippen LogP contribution in [-0.4, -0.2) is 36.6 Å². The first-order valence-electron chi connectivity index (χ1n) is 16.1. The number of benzene rings is 8. The number of rotatable bonds is 3. The molecule has 0 fully saturated rings. The van der Waals surface area contributed by atoms with E-state index in [2.05, 4.69) is 164 Å². The van der Waals surface area contributed by atoms with Crippen molar-refractivity contribution in [1.29, 1.82) is 0 Å². The van der Waals surface area contributed by atoms with Crippen molar-refractivity contribution in [2.24, 2.45) is 0 Å². The molecule has 0 spiro atoms. The summed E-state index contributed by atoms with van der Waals surface area (Å²) in [4.78, 5) is 0. The Morgan fingerprint density at radius 1 is 0.340 bits per heavy atom. The van der Waals surface area contributed by atoms with Crippen LogP contribution in [0.3, 0.4) is 0 Å². The van der Waals surface area contributed by atoms with Gasteiger partial charge in [-0.25, -0.2) is 0 Å². The molecule has 0 nitrogen and oxygen atoms in total. The molecule has 2 heterocycles. The second kappa shape index (κ2) is 11.0. The molecule has 0 saturated carbocycles. The van der Waals surface area contributed by atoms with Crippen molar-refractivity contribution in [3.05, 3.63) is 164 Å². The maximum atomic E-state index is 2.42. The Hall–Kier alpha value is -4.62. The molecule has 0 aliphatic carbocycles. The Labute approximate surface area is 287 Å². The van der Waals surface area contributed by atoms with Gasteiger partial charge in [0.15, 0.2) is 0 Å². The molecule has 2 aliphatic heterocycles. The summed E-state index contributed by atoms with van der Waals surface area (Å²) >= 11 is 0.564. The van der Waals surface area contributed by atoms with Gasteiger partial charge in [0.2, 0.25) is 0 Å². The first-order chi connectivity index (χ1) is 23.3. The summed E-state index contributed by atoms with van der Waals surface area (Å²) in [6, 6.07) is 61.5. The molecule has 0 saturated heterocycles. The third-order valence-corrected chi connectivity index (χ3v) is 14.9. The normalized spacial score (nSPS) is 12.9. The van der Waals surface area contributed by atoms with Gasteiger partial charge in [0.05, 0.1) is 0 Å². The van der Waals surface area contributed by atoms with E-state index < -0.39 is 0 Å². The van der Waals surface area contributed by atoms with E-state index in [1.54, 1.807) is 14.4 Å². The van der Waals surface area contributed by atoms with E-state index in [9.17, 15) is 0 Å². The zero-order chi connectivity index (χ0) is 30.9. The van der Waals surface area contributed by atoms with E-state index in [1.165, 1.54) is 74.8 Å². The van der Waals surface area contributed by atoms with Crippen LogP contribution in [0.25, 0.3) is 54.9 Å². The van der Waals surface area contributed by atoms with Gasteiger partial charge >= 0.3 is 290 Å². The van der Waals surface area contributed by atoms with E-state index >= 15 is 0 Å². The maximum absolute atomic E-state index is 2.42. The van der Waals surface area contributed by atoms with E-state index in [-0.39, 0.29) is 15.0 Å². The van der Waals surface area contributed by atoms with Crippen LogP contribution in [0.1, 0.15) is 0 Å². The zero-order valence-electron chi connectivity index (χ0n) is 25.5. The molecule has 218 valence electrons. The molecule has 0 unspecified atom stereocenters. The molecular weight excluding hydrogens is 697 g/mol. The number of fused-ring (bicyclic) bond motifs is 6. The van der Waals surface area contributed by atoms with Crippen molar-refractivity contribution in [2.45, 2.75) is 0 Å². The molecule has 0 radical (unpaired) electrons. The Morgan fingerprint density at radius 3 is 1.60 bits per heavy atom. The van der Waals surface area contributed by atoms with Crippen molar-refractivity contribution in [2.75, 3.05) is 0 Å². The Kier molecular flexibility index (Phi) is 6.43. The van der Waals surface area contributed by atoms with Gasteiger partial charge in [0.1, 0.15) is 0 Å². The van der Waals surface area contributed by atoms with Crippen LogP contribution in [0.15, 0.2) is 164 Å². The molecular formula is C44H27BSe2. The molecule has 0 amide bonds. The van der Waals surface area contributed by atoms with Gasteiger partial charge in [-0.3, -0.25) is 0 Å². The molecule has 47 heavy (non-hydrogen) atoms. The average molecular weight is 724 g/mol. The zero-order valence-corrected chi connectivity index (χ0v) is 28.9. The summed E-state index contributed by atoms with van der Waals surface area (Å²) in [5.74, 6) is 0. The molecule has 8 aromatic rings. The van der Waals surface area contributed by atoms with Crippen molar-refractivity contribution >= 4 is 92.4 Å². The molecule has 10 rings (SSSR count). The van der Waals surface area contributed by atoms with Gasteiger partial charge in [-0.1, -0.05) is 0 Å². The molecule has 0 aromatic heterocycles. The SMILES string of the molecule is c1ccc(-c2c3ccccc3c(-c3ccccc3-c3cccc4c3[Se]c3cccc5c3B4c3ccccc3[Se]5)c3ccccc23)cc1. The third-order valence-electron chi connectivity index (χ3n) is 9.81. The van der Waals surface area contributed by atoms with Crippen LogP contribution in [0.5, 0.6) is 0 Å². The Bertz CT molecular complexity index is 2480. The molecule has 0 N–H and O–H groups in total. The van der Waals surface area contributed by atoms with Crippen LogP contribution in [-0.2, 0) is 0 Å². The fourth-order valence-electron chi connectivity index (χ4n) is 7.88. The van der Waals surface area contributed by atoms with Crippen molar-refractivity contribution in [3.63, 3.8) is 0 Å². The van der Waals surface area contributed by atoms with Crippen LogP contribution in [0, 0.1) is 0 Å². The van der Waals surface area contributed by atoms with Crippen LogP contribution >= 0.6 is 0 Å². The average Bonchev–Trinajstić information content (AvgIpc) is 3.14. The first kappa shape index (κ1) is 27.5. The predicted octanol–water partition coefficient (Wildman–Crippen LogP) is 5.45. The topological polar surface area (TPSA) is 0 Å². The van der Waals surface area contributed by atoms with Crippen LogP contribution < -0.4 is 34.2 Å². The van der Waals surface area contributed by atoms with Crippen LogP contribution in [0.2, 0.25) is 0 Å². The summed E-state index contributed by atoms with van der Waals surface area (Å²) in [6.07, 6.45) is 0. The summed E-state index contributed by atoms with van der Waals surface area (Å²) < 4.78 is 6.17. The van der Waals surface area contributed by atoms with Crippen molar-refractivity contribution < 1.29 is 0 Å². The Morgan fingerprint density at radius 2 is 0.851 bits per heavy atom. The van der Waals surface area contributed by atoms with E-state index in [1.807, 2.05) is 0 Å². The quantitative estimate of drug-likeness (QED) is 0.168. The van der Waals surface area contributed by atoms with E-state index in [0.29, 0.717) is 21.7 Å². The van der Waals surface area contributed by atoms with Gasteiger partial charge < -0.3 is 0 Å². The number of hydrogen-bond donors (Lipinski definition) is 0. The summed E-state index contributed by atoms with van der Waals surface area (Å²) in [6.45, 7) is 0.303. The second-order valence-electron chi connectivity index (χ2n) is 12.3. The molecule has 2 aliphatic rings. The summed E-state index contributed by atoms with van der Waals surface area (Å²) in [7, 11) is 0. The van der Waals surface area contributed by atoms with Crippen molar-refractivity contribution in [1.82, 2.24) is 0 Å². The van der Waals surface area contributed by atoms with Crippen molar-refractivity contribution in [3.8, 4) is 33.4 Å². The third kappa shape index (κ3) is 4.22. The van der Waals surface area contributed by atoms with E-state index in [0.717, 1.165) is 0 Å². The van der Waals surface area contributed by atoms with Gasteiger partial charge in [0.25, 0.3) is 0 Å². The molecule has 8 aromatic carbocycles. The summed E-state index contributed by atoms with van der Waals surface area (Å²) in [5.41, 5.74) is 12.5. The van der Waals surface area contributed by atoms with Gasteiger partial charge in [-0.05, 0) is 0 Å². The fraction of sp³-hybridized carbons (Fsp3) is 0. The predicted molar refractivity (Wildman–Crippen MR) is 205 cm³/mol. The molecule has 3 heteroatoms. The molecule has 0 atom stereocenters. The molecule has 0 bridgehead atoms. The summed E-state index contributed by atoms with van der Waals surface area (Å²) in [5, 5.41) is 5.18. The fourth-order valence-corrected chi connectivity index (χ4v) is 13.4. The second-order valence-corrected chi connectivity index (χ2v) is 16.8. The Balaban J connectivity index is 1.25. The van der Waals surface area contributed by atoms with Crippen LogP contribution in [0.4, 0.5) is 0 Å². The van der Waals surface area contributed by atoms with Gasteiger partial charge in [0, 0.05) is 0 Å². The standard InChI is InChI=1S/C44H27BSe2/c1-2-14-28(15-3-1)41-31-18-6-8-20-33(31)42(34-21-9-7-19-32(34)41)30-17-5-4-16-29(30)35-22-12-24-37-44(35)47-40-27-13-26-39-43(40)45(37)36-23-10-11-25-38(36)46-39/h1-27H. The minimum absolute atomic E-state index is 0.213. The van der Waals surface area contributed by atoms with E-state index in [4.69, 9.17) is 0 Å². The monoisotopic (exact) mass is 726 g/mol. The first-order valence-corrected chi connectivity index (χ1v) is 19.6. The van der Waals surface area contributed by atoms with Gasteiger partial charge in [-0.15, -0.1) is 0 Å².